The lowest BCUT2D eigenvalue weighted by Crippen LogP contribution is -2.34. The maximum atomic E-state index is 12.7. The highest BCUT2D eigenvalue weighted by Crippen LogP contribution is 2.19. The first-order valence-corrected chi connectivity index (χ1v) is 8.58. The van der Waals surface area contributed by atoms with Crippen molar-refractivity contribution in [3.8, 4) is 5.82 Å². The zero-order valence-corrected chi connectivity index (χ0v) is 13.7. The molecule has 122 valence electrons. The number of rotatable bonds is 4. The molecule has 1 aliphatic rings. The summed E-state index contributed by atoms with van der Waals surface area (Å²) in [6.45, 7) is 2.04. The van der Waals surface area contributed by atoms with E-state index in [-0.39, 0.29) is 5.91 Å². The minimum atomic E-state index is -0.00377. The van der Waals surface area contributed by atoms with Crippen molar-refractivity contribution in [2.45, 2.75) is 57.9 Å². The Morgan fingerprint density at radius 2 is 2.04 bits per heavy atom. The van der Waals surface area contributed by atoms with Crippen molar-refractivity contribution in [1.29, 1.82) is 0 Å². The quantitative estimate of drug-likeness (QED) is 0.881. The van der Waals surface area contributed by atoms with Crippen LogP contribution < -0.4 is 5.32 Å². The minimum absolute atomic E-state index is 0.00377. The molecule has 1 amide bonds. The predicted molar refractivity (Wildman–Crippen MR) is 89.7 cm³/mol. The Balaban J connectivity index is 1.79. The molecule has 0 radical (unpaired) electrons. The third kappa shape index (κ3) is 3.60. The minimum Gasteiger partial charge on any atom is -0.349 e. The Hall–Kier alpha value is -2.17. The molecule has 23 heavy (non-hydrogen) atoms. The molecule has 0 spiro atoms. The molecule has 0 saturated heterocycles. The standard InChI is InChI=1S/C18H24N4O/c1-2-16-15(13-20-22(16)17-11-7-8-12-19-17)18(23)21-14-9-5-3-4-6-10-14/h7-8,11-14H,2-6,9-10H2,1H3,(H,21,23). The van der Waals surface area contributed by atoms with Crippen molar-refractivity contribution in [2.75, 3.05) is 0 Å². The maximum absolute atomic E-state index is 12.7. The lowest BCUT2D eigenvalue weighted by molar-refractivity contribution is 0.0932. The number of hydrogen-bond donors (Lipinski definition) is 1. The van der Waals surface area contributed by atoms with Gasteiger partial charge in [-0.3, -0.25) is 4.79 Å². The van der Waals surface area contributed by atoms with Gasteiger partial charge in [0.05, 0.1) is 17.5 Å². The number of carbonyl (C=O) groups is 1. The second-order valence-electron chi connectivity index (χ2n) is 6.12. The molecule has 0 bridgehead atoms. The van der Waals surface area contributed by atoms with Crippen LogP contribution in [0.5, 0.6) is 0 Å². The van der Waals surface area contributed by atoms with E-state index in [1.165, 1.54) is 25.7 Å². The highest BCUT2D eigenvalue weighted by Gasteiger charge is 2.21. The molecule has 1 aliphatic carbocycles. The molecular weight excluding hydrogens is 288 g/mol. The van der Waals surface area contributed by atoms with Crippen molar-refractivity contribution in [1.82, 2.24) is 20.1 Å². The van der Waals surface area contributed by atoms with Gasteiger partial charge in [0.2, 0.25) is 0 Å². The van der Waals surface area contributed by atoms with E-state index in [9.17, 15) is 4.79 Å². The van der Waals surface area contributed by atoms with Crippen LogP contribution in [0.1, 0.15) is 61.5 Å². The van der Waals surface area contributed by atoms with Gasteiger partial charge in [0.1, 0.15) is 0 Å². The van der Waals surface area contributed by atoms with Gasteiger partial charge in [-0.15, -0.1) is 0 Å². The molecule has 0 atom stereocenters. The van der Waals surface area contributed by atoms with E-state index in [2.05, 4.69) is 15.4 Å². The van der Waals surface area contributed by atoms with E-state index < -0.39 is 0 Å². The second-order valence-corrected chi connectivity index (χ2v) is 6.12. The average molecular weight is 312 g/mol. The summed E-state index contributed by atoms with van der Waals surface area (Å²) in [6.07, 6.45) is 11.3. The molecule has 2 aromatic rings. The Morgan fingerprint density at radius 3 is 2.70 bits per heavy atom. The Morgan fingerprint density at radius 1 is 1.26 bits per heavy atom. The number of hydrogen-bond acceptors (Lipinski definition) is 3. The van der Waals surface area contributed by atoms with Gasteiger partial charge in [-0.1, -0.05) is 38.7 Å². The summed E-state index contributed by atoms with van der Waals surface area (Å²) in [7, 11) is 0. The Bertz CT molecular complexity index is 642. The van der Waals surface area contributed by atoms with E-state index in [0.29, 0.717) is 11.6 Å². The van der Waals surface area contributed by atoms with Crippen molar-refractivity contribution in [3.05, 3.63) is 41.9 Å². The Labute approximate surface area is 137 Å². The largest absolute Gasteiger partial charge is 0.349 e. The van der Waals surface area contributed by atoms with Crippen LogP contribution >= 0.6 is 0 Å². The SMILES string of the molecule is CCc1c(C(=O)NC2CCCCCC2)cnn1-c1ccccn1. The van der Waals surface area contributed by atoms with Crippen LogP contribution in [0.2, 0.25) is 0 Å². The molecule has 0 aliphatic heterocycles. The van der Waals surface area contributed by atoms with Gasteiger partial charge in [0.25, 0.3) is 5.91 Å². The lowest BCUT2D eigenvalue weighted by Gasteiger charge is -2.16. The van der Waals surface area contributed by atoms with Crippen molar-refractivity contribution >= 4 is 5.91 Å². The van der Waals surface area contributed by atoms with E-state index in [1.807, 2.05) is 25.1 Å². The van der Waals surface area contributed by atoms with E-state index in [0.717, 1.165) is 30.8 Å². The van der Waals surface area contributed by atoms with Crippen LogP contribution in [0.4, 0.5) is 0 Å². The molecule has 2 aromatic heterocycles. The first kappa shape index (κ1) is 15.7. The van der Waals surface area contributed by atoms with Crippen LogP contribution in [-0.4, -0.2) is 26.7 Å². The third-order valence-electron chi connectivity index (χ3n) is 4.51. The van der Waals surface area contributed by atoms with Gasteiger partial charge in [0.15, 0.2) is 5.82 Å². The molecule has 2 heterocycles. The molecule has 1 saturated carbocycles. The number of nitrogens with zero attached hydrogens (tertiary/aromatic N) is 3. The topological polar surface area (TPSA) is 59.8 Å². The third-order valence-corrected chi connectivity index (χ3v) is 4.51. The average Bonchev–Trinajstić information content (AvgIpc) is 2.86. The summed E-state index contributed by atoms with van der Waals surface area (Å²) in [6, 6.07) is 6.00. The second kappa shape index (κ2) is 7.40. The molecule has 3 rings (SSSR count). The van der Waals surface area contributed by atoms with Crippen LogP contribution in [0, 0.1) is 0 Å². The number of pyridine rings is 1. The Kier molecular flexibility index (Phi) is 5.05. The number of aromatic nitrogens is 3. The fraction of sp³-hybridized carbons (Fsp3) is 0.500. The van der Waals surface area contributed by atoms with Crippen LogP contribution in [-0.2, 0) is 6.42 Å². The normalized spacial score (nSPS) is 16.0. The summed E-state index contributed by atoms with van der Waals surface area (Å²) in [5.74, 6) is 0.744. The fourth-order valence-electron chi connectivity index (χ4n) is 3.27. The maximum Gasteiger partial charge on any atom is 0.254 e. The molecule has 5 nitrogen and oxygen atoms in total. The van der Waals surface area contributed by atoms with E-state index in [4.69, 9.17) is 0 Å². The summed E-state index contributed by atoms with van der Waals surface area (Å²) >= 11 is 0. The first-order chi connectivity index (χ1) is 11.3. The molecule has 1 fully saturated rings. The lowest BCUT2D eigenvalue weighted by atomic mass is 10.1. The number of nitrogens with one attached hydrogen (secondary N) is 1. The van der Waals surface area contributed by atoms with Gasteiger partial charge in [-0.2, -0.15) is 5.10 Å². The predicted octanol–water partition coefficient (Wildman–Crippen LogP) is 3.28. The van der Waals surface area contributed by atoms with Gasteiger partial charge in [-0.25, -0.2) is 9.67 Å². The molecule has 5 heteroatoms. The van der Waals surface area contributed by atoms with Gasteiger partial charge in [0, 0.05) is 12.2 Å². The van der Waals surface area contributed by atoms with Crippen molar-refractivity contribution in [2.24, 2.45) is 0 Å². The summed E-state index contributed by atoms with van der Waals surface area (Å²) < 4.78 is 1.77. The monoisotopic (exact) mass is 312 g/mol. The van der Waals surface area contributed by atoms with Crippen molar-refractivity contribution < 1.29 is 4.79 Å². The van der Waals surface area contributed by atoms with Crippen LogP contribution in [0.3, 0.4) is 0 Å². The van der Waals surface area contributed by atoms with E-state index in [1.54, 1.807) is 17.1 Å². The smallest absolute Gasteiger partial charge is 0.254 e. The number of carbonyl (C=O) groups excluding carboxylic acids is 1. The molecule has 0 aromatic carbocycles. The summed E-state index contributed by atoms with van der Waals surface area (Å²) in [5.41, 5.74) is 1.58. The molecule has 0 unspecified atom stereocenters. The first-order valence-electron chi connectivity index (χ1n) is 8.58. The van der Waals surface area contributed by atoms with Gasteiger partial charge >= 0.3 is 0 Å². The molecule has 1 N–H and O–H groups in total. The zero-order chi connectivity index (χ0) is 16.1. The summed E-state index contributed by atoms with van der Waals surface area (Å²) in [4.78, 5) is 17.0. The van der Waals surface area contributed by atoms with Gasteiger partial charge in [-0.05, 0) is 31.4 Å². The fourth-order valence-corrected chi connectivity index (χ4v) is 3.27. The highest BCUT2D eigenvalue weighted by atomic mass is 16.1. The summed E-state index contributed by atoms with van der Waals surface area (Å²) in [5, 5.41) is 7.59. The highest BCUT2D eigenvalue weighted by molar-refractivity contribution is 5.95. The van der Waals surface area contributed by atoms with Crippen molar-refractivity contribution in [3.63, 3.8) is 0 Å². The van der Waals surface area contributed by atoms with Crippen LogP contribution in [0.15, 0.2) is 30.6 Å². The zero-order valence-electron chi connectivity index (χ0n) is 13.7. The van der Waals surface area contributed by atoms with Gasteiger partial charge < -0.3 is 5.32 Å². The van der Waals surface area contributed by atoms with Crippen LogP contribution in [0.25, 0.3) is 5.82 Å². The molecular formula is C18H24N4O. The van der Waals surface area contributed by atoms with E-state index >= 15 is 0 Å². The number of amides is 1.